The molecule has 0 fully saturated rings. The Morgan fingerprint density at radius 3 is 2.80 bits per heavy atom. The van der Waals surface area contributed by atoms with Gasteiger partial charge in [-0.1, -0.05) is 24.3 Å². The molecule has 0 amide bonds. The third-order valence-electron chi connectivity index (χ3n) is 3.17. The number of hydrogen-bond donors (Lipinski definition) is 3. The Morgan fingerprint density at radius 2 is 2.10 bits per heavy atom. The molecular formula is C15H17N3O2. The number of nitrogen functional groups attached to an aromatic ring is 1. The third-order valence-corrected chi connectivity index (χ3v) is 3.17. The molecule has 1 aromatic carbocycles. The maximum atomic E-state index is 11.0. The van der Waals surface area contributed by atoms with E-state index in [1.807, 2.05) is 12.1 Å². The molecule has 2 rings (SSSR count). The highest BCUT2D eigenvalue weighted by Gasteiger charge is 2.11. The average Bonchev–Trinajstić information content (AvgIpc) is 2.42. The zero-order chi connectivity index (χ0) is 14.5. The average molecular weight is 271 g/mol. The third kappa shape index (κ3) is 3.06. The van der Waals surface area contributed by atoms with E-state index in [1.165, 1.54) is 23.4 Å². The predicted octanol–water partition coefficient (Wildman–Crippen LogP) is 2.33. The number of rotatable bonds is 5. The van der Waals surface area contributed by atoms with Crippen LogP contribution in [0.25, 0.3) is 0 Å². The molecule has 0 aliphatic heterocycles. The minimum atomic E-state index is -1.05. The summed E-state index contributed by atoms with van der Waals surface area (Å²) in [6.07, 6.45) is 2.26. The quantitative estimate of drug-likeness (QED) is 0.776. The van der Waals surface area contributed by atoms with Crippen LogP contribution in [0.3, 0.4) is 0 Å². The molecule has 0 atom stereocenters. The molecule has 104 valence electrons. The zero-order valence-corrected chi connectivity index (χ0v) is 11.3. The lowest BCUT2D eigenvalue weighted by molar-refractivity contribution is 0.0698. The number of carbonyl (C=O) groups is 1. The van der Waals surface area contributed by atoms with Gasteiger partial charge in [0.25, 0.3) is 0 Å². The Morgan fingerprint density at radius 1 is 1.35 bits per heavy atom. The lowest BCUT2D eigenvalue weighted by Gasteiger charge is -2.10. The number of aromatic nitrogens is 1. The number of nitrogens with zero attached hydrogens (tertiary/aromatic N) is 1. The van der Waals surface area contributed by atoms with Gasteiger partial charge in [0.05, 0.1) is 11.3 Å². The smallest absolute Gasteiger partial charge is 0.337 e. The van der Waals surface area contributed by atoms with Crippen LogP contribution in [-0.2, 0) is 6.42 Å². The summed E-state index contributed by atoms with van der Waals surface area (Å²) in [7, 11) is 0. The van der Waals surface area contributed by atoms with Crippen molar-refractivity contribution in [2.45, 2.75) is 13.3 Å². The predicted molar refractivity (Wildman–Crippen MR) is 79.0 cm³/mol. The van der Waals surface area contributed by atoms with Gasteiger partial charge in [-0.05, 0) is 30.5 Å². The molecule has 5 heteroatoms. The van der Waals surface area contributed by atoms with E-state index >= 15 is 0 Å². The molecule has 1 aromatic heterocycles. The van der Waals surface area contributed by atoms with Gasteiger partial charge in [-0.3, -0.25) is 0 Å². The molecule has 0 saturated heterocycles. The number of carboxylic acid groups (broad SMARTS) is 1. The van der Waals surface area contributed by atoms with Crippen LogP contribution in [0.1, 0.15) is 21.5 Å². The summed E-state index contributed by atoms with van der Waals surface area (Å²) in [6, 6.07) is 9.53. The highest BCUT2D eigenvalue weighted by Crippen LogP contribution is 2.20. The summed E-state index contributed by atoms with van der Waals surface area (Å²) in [6.45, 7) is 2.71. The van der Waals surface area contributed by atoms with Crippen molar-refractivity contribution < 1.29 is 9.90 Å². The van der Waals surface area contributed by atoms with E-state index in [9.17, 15) is 4.79 Å². The largest absolute Gasteiger partial charge is 0.478 e. The summed E-state index contributed by atoms with van der Waals surface area (Å²) in [5.74, 6) is -0.634. The fraction of sp³-hybridized carbons (Fsp3) is 0.200. The second-order valence-corrected chi connectivity index (χ2v) is 4.53. The number of nitrogens with two attached hydrogens (primary N) is 1. The minimum Gasteiger partial charge on any atom is -0.478 e. The number of nitrogens with one attached hydrogen (secondary N) is 1. The lowest BCUT2D eigenvalue weighted by atomic mass is 10.1. The van der Waals surface area contributed by atoms with Crippen molar-refractivity contribution in [2.24, 2.45) is 0 Å². The van der Waals surface area contributed by atoms with Crippen molar-refractivity contribution in [1.29, 1.82) is 0 Å². The number of pyridine rings is 1. The van der Waals surface area contributed by atoms with E-state index in [0.29, 0.717) is 12.4 Å². The molecule has 0 spiro atoms. The highest BCUT2D eigenvalue weighted by molar-refractivity contribution is 5.96. The molecule has 5 nitrogen and oxygen atoms in total. The van der Waals surface area contributed by atoms with Crippen LogP contribution in [0.4, 0.5) is 11.5 Å². The first-order valence-corrected chi connectivity index (χ1v) is 6.35. The highest BCUT2D eigenvalue weighted by atomic mass is 16.4. The van der Waals surface area contributed by atoms with Gasteiger partial charge in [0, 0.05) is 12.7 Å². The Balaban J connectivity index is 2.03. The number of hydrogen-bond acceptors (Lipinski definition) is 4. The fourth-order valence-electron chi connectivity index (χ4n) is 2.01. The Kier molecular flexibility index (Phi) is 4.20. The second-order valence-electron chi connectivity index (χ2n) is 4.53. The molecule has 0 aliphatic carbocycles. The summed E-state index contributed by atoms with van der Waals surface area (Å²) in [5.41, 5.74) is 8.50. The fourth-order valence-corrected chi connectivity index (χ4v) is 2.01. The molecule has 0 aliphatic rings. The van der Waals surface area contributed by atoms with Crippen LogP contribution in [0, 0.1) is 6.92 Å². The number of aryl methyl sites for hydroxylation is 1. The SMILES string of the molecule is Cc1ccccc1CCNc1nccc(C(=O)O)c1N. The molecular weight excluding hydrogens is 254 g/mol. The summed E-state index contributed by atoms with van der Waals surface area (Å²) >= 11 is 0. The number of aromatic carboxylic acids is 1. The van der Waals surface area contributed by atoms with Crippen LogP contribution in [0.5, 0.6) is 0 Å². The topological polar surface area (TPSA) is 88.2 Å². The second kappa shape index (κ2) is 6.06. The van der Waals surface area contributed by atoms with Crippen LogP contribution < -0.4 is 11.1 Å². The zero-order valence-electron chi connectivity index (χ0n) is 11.3. The minimum absolute atomic E-state index is 0.0680. The Bertz CT molecular complexity index is 626. The molecule has 0 unspecified atom stereocenters. The van der Waals surface area contributed by atoms with Gasteiger partial charge in [-0.25, -0.2) is 9.78 Å². The van der Waals surface area contributed by atoms with Crippen LogP contribution in [0.2, 0.25) is 0 Å². The van der Waals surface area contributed by atoms with Gasteiger partial charge >= 0.3 is 5.97 Å². The Labute approximate surface area is 117 Å². The van der Waals surface area contributed by atoms with E-state index in [1.54, 1.807) is 0 Å². The van der Waals surface area contributed by atoms with Crippen LogP contribution >= 0.6 is 0 Å². The van der Waals surface area contributed by atoms with E-state index in [0.717, 1.165) is 6.42 Å². The van der Waals surface area contributed by atoms with Crippen molar-refractivity contribution in [1.82, 2.24) is 4.98 Å². The Hall–Kier alpha value is -2.56. The first kappa shape index (κ1) is 13.9. The van der Waals surface area contributed by atoms with Crippen molar-refractivity contribution in [3.05, 3.63) is 53.2 Å². The maximum absolute atomic E-state index is 11.0. The van der Waals surface area contributed by atoms with Crippen LogP contribution in [0.15, 0.2) is 36.5 Å². The summed E-state index contributed by atoms with van der Waals surface area (Å²) < 4.78 is 0. The van der Waals surface area contributed by atoms with Gasteiger partial charge in [-0.2, -0.15) is 0 Å². The molecule has 0 radical (unpaired) electrons. The van der Waals surface area contributed by atoms with E-state index in [-0.39, 0.29) is 11.3 Å². The van der Waals surface area contributed by atoms with Crippen molar-refractivity contribution >= 4 is 17.5 Å². The van der Waals surface area contributed by atoms with Crippen LogP contribution in [-0.4, -0.2) is 22.6 Å². The number of benzene rings is 1. The normalized spacial score (nSPS) is 10.2. The van der Waals surface area contributed by atoms with Gasteiger partial charge < -0.3 is 16.2 Å². The molecule has 0 saturated carbocycles. The first-order chi connectivity index (χ1) is 9.59. The molecule has 1 heterocycles. The first-order valence-electron chi connectivity index (χ1n) is 6.35. The number of carboxylic acids is 1. The van der Waals surface area contributed by atoms with E-state index in [4.69, 9.17) is 10.8 Å². The van der Waals surface area contributed by atoms with Gasteiger partial charge in [-0.15, -0.1) is 0 Å². The van der Waals surface area contributed by atoms with Gasteiger partial charge in [0.2, 0.25) is 0 Å². The van der Waals surface area contributed by atoms with Gasteiger partial charge in [0.1, 0.15) is 5.82 Å². The van der Waals surface area contributed by atoms with E-state index < -0.39 is 5.97 Å². The summed E-state index contributed by atoms with van der Waals surface area (Å²) in [4.78, 5) is 15.1. The lowest BCUT2D eigenvalue weighted by Crippen LogP contribution is -2.12. The molecule has 20 heavy (non-hydrogen) atoms. The van der Waals surface area contributed by atoms with Crippen molar-refractivity contribution in [3.8, 4) is 0 Å². The molecule has 4 N–H and O–H groups in total. The van der Waals surface area contributed by atoms with E-state index in [2.05, 4.69) is 29.4 Å². The molecule has 2 aromatic rings. The van der Waals surface area contributed by atoms with Crippen molar-refractivity contribution in [2.75, 3.05) is 17.6 Å². The van der Waals surface area contributed by atoms with Gasteiger partial charge in [0.15, 0.2) is 0 Å². The monoisotopic (exact) mass is 271 g/mol. The van der Waals surface area contributed by atoms with Crippen molar-refractivity contribution in [3.63, 3.8) is 0 Å². The molecule has 0 bridgehead atoms. The maximum Gasteiger partial charge on any atom is 0.337 e. The number of anilines is 2. The summed E-state index contributed by atoms with van der Waals surface area (Å²) in [5, 5.41) is 12.1. The standard InChI is InChI=1S/C15H17N3O2/c1-10-4-2-3-5-11(10)6-8-17-14-13(16)12(15(19)20)7-9-18-14/h2-5,7,9H,6,8,16H2,1H3,(H,17,18)(H,19,20).